The number of anilines is 1. The summed E-state index contributed by atoms with van der Waals surface area (Å²) in [6.45, 7) is 3.29. The molecule has 7 heteroatoms. The van der Waals surface area contributed by atoms with Crippen LogP contribution >= 0.6 is 15.9 Å². The second-order valence-electron chi connectivity index (χ2n) is 5.63. The average Bonchev–Trinajstić information content (AvgIpc) is 2.39. The number of hydrogen-bond acceptors (Lipinski definition) is 2. The molecule has 0 amide bonds. The van der Waals surface area contributed by atoms with Crippen LogP contribution in [0.15, 0.2) is 22.7 Å². The highest BCUT2D eigenvalue weighted by Crippen LogP contribution is 2.38. The van der Waals surface area contributed by atoms with Gasteiger partial charge in [0.15, 0.2) is 0 Å². The summed E-state index contributed by atoms with van der Waals surface area (Å²) in [7, 11) is 0. The molecule has 2 rings (SSSR count). The Bertz CT molecular complexity index is 549. The predicted octanol–water partition coefficient (Wildman–Crippen LogP) is 4.01. The highest BCUT2D eigenvalue weighted by atomic mass is 79.9. The van der Waals surface area contributed by atoms with Gasteiger partial charge in [0.05, 0.1) is 17.1 Å². The van der Waals surface area contributed by atoms with Gasteiger partial charge in [0.2, 0.25) is 0 Å². The third kappa shape index (κ3) is 3.33. The van der Waals surface area contributed by atoms with E-state index in [-0.39, 0.29) is 11.3 Å². The molecule has 0 unspecified atom stereocenters. The van der Waals surface area contributed by atoms with Gasteiger partial charge < -0.3 is 10.6 Å². The summed E-state index contributed by atoms with van der Waals surface area (Å²) in [4.78, 5) is 2.02. The van der Waals surface area contributed by atoms with E-state index in [2.05, 4.69) is 15.9 Å². The summed E-state index contributed by atoms with van der Waals surface area (Å²) >= 11 is 3.22. The lowest BCUT2D eigenvalue weighted by molar-refractivity contribution is -0.137. The number of nitrogens with zero attached hydrogens (tertiary/aromatic N) is 1. The van der Waals surface area contributed by atoms with Gasteiger partial charge in [0.1, 0.15) is 0 Å². The van der Waals surface area contributed by atoms with Crippen LogP contribution in [-0.4, -0.2) is 18.9 Å². The van der Waals surface area contributed by atoms with Crippen molar-refractivity contribution in [3.05, 3.63) is 28.2 Å². The van der Waals surface area contributed by atoms with Crippen LogP contribution in [0, 0.1) is 10.8 Å². The Morgan fingerprint density at radius 2 is 1.90 bits per heavy atom. The van der Waals surface area contributed by atoms with E-state index in [1.165, 1.54) is 6.07 Å². The number of hydrogen-bond donors (Lipinski definition) is 2. The summed E-state index contributed by atoms with van der Waals surface area (Å²) in [5.41, 5.74) is 5.38. The molecule has 1 aliphatic rings. The maximum atomic E-state index is 12.7. The molecule has 116 valence electrons. The number of nitrogens with two attached hydrogens (primary N) is 1. The van der Waals surface area contributed by atoms with E-state index in [0.29, 0.717) is 17.6 Å². The lowest BCUT2D eigenvalue weighted by Crippen LogP contribution is -2.45. The summed E-state index contributed by atoms with van der Waals surface area (Å²) in [6.07, 6.45) is -2.90. The van der Waals surface area contributed by atoms with Crippen molar-refractivity contribution in [2.24, 2.45) is 11.1 Å². The zero-order chi connectivity index (χ0) is 15.8. The monoisotopic (exact) mass is 363 g/mol. The van der Waals surface area contributed by atoms with Gasteiger partial charge in [-0.05, 0) is 47.0 Å². The van der Waals surface area contributed by atoms with E-state index in [1.54, 1.807) is 0 Å². The normalized spacial score (nSPS) is 18.6. The lowest BCUT2D eigenvalue weighted by Gasteiger charge is -2.40. The van der Waals surface area contributed by atoms with Crippen molar-refractivity contribution in [2.75, 3.05) is 18.0 Å². The summed E-state index contributed by atoms with van der Waals surface area (Å²) in [6, 6.07) is 3.69. The number of alkyl halides is 3. The fraction of sp³-hybridized carbons (Fsp3) is 0.500. The largest absolute Gasteiger partial charge is 0.416 e. The maximum Gasteiger partial charge on any atom is 0.416 e. The minimum atomic E-state index is -4.34. The van der Waals surface area contributed by atoms with Crippen molar-refractivity contribution in [3.63, 3.8) is 0 Å². The van der Waals surface area contributed by atoms with Crippen molar-refractivity contribution >= 4 is 27.5 Å². The summed E-state index contributed by atoms with van der Waals surface area (Å²) in [5, 5.41) is 7.62. The Morgan fingerprint density at radius 3 is 2.33 bits per heavy atom. The van der Waals surface area contributed by atoms with Crippen molar-refractivity contribution < 1.29 is 13.2 Å². The fourth-order valence-corrected chi connectivity index (χ4v) is 3.08. The van der Waals surface area contributed by atoms with Crippen molar-refractivity contribution in [1.82, 2.24) is 0 Å². The predicted molar refractivity (Wildman–Crippen MR) is 80.6 cm³/mol. The molecule has 0 radical (unpaired) electrons. The molecule has 0 spiro atoms. The number of nitrogens with one attached hydrogen (secondary N) is 1. The molecular formula is C14H17BrF3N3. The molecule has 1 fully saturated rings. The summed E-state index contributed by atoms with van der Waals surface area (Å²) in [5.74, 6) is 0.175. The van der Waals surface area contributed by atoms with E-state index < -0.39 is 11.7 Å². The second-order valence-corrected chi connectivity index (χ2v) is 6.48. The van der Waals surface area contributed by atoms with Crippen LogP contribution < -0.4 is 10.6 Å². The smallest absolute Gasteiger partial charge is 0.387 e. The van der Waals surface area contributed by atoms with Crippen LogP contribution in [-0.2, 0) is 6.18 Å². The zero-order valence-corrected chi connectivity index (χ0v) is 13.2. The molecule has 0 bridgehead atoms. The topological polar surface area (TPSA) is 53.1 Å². The fourth-order valence-electron chi connectivity index (χ4n) is 2.45. The van der Waals surface area contributed by atoms with E-state index in [4.69, 9.17) is 11.1 Å². The molecule has 0 saturated carbocycles. The first-order chi connectivity index (χ1) is 9.63. The minimum absolute atomic E-state index is 0.175. The molecule has 1 aromatic rings. The standard InChI is InChI=1S/C14H17BrF3N3/c1-13(12(19)20)4-6-21(7-5-13)11-3-2-9(8-10(11)15)14(16,17)18/h2-3,8H,4-7H2,1H3,(H3,19,20). The Morgan fingerprint density at radius 1 is 1.33 bits per heavy atom. The van der Waals surface area contributed by atoms with Gasteiger partial charge in [-0.25, -0.2) is 0 Å². The first kappa shape index (κ1) is 16.1. The van der Waals surface area contributed by atoms with Crippen molar-refractivity contribution in [3.8, 4) is 0 Å². The van der Waals surface area contributed by atoms with Crippen LogP contribution in [0.1, 0.15) is 25.3 Å². The SMILES string of the molecule is CC1(C(=N)N)CCN(c2ccc(C(F)(F)F)cc2Br)CC1. The molecule has 1 aromatic carbocycles. The molecule has 0 aromatic heterocycles. The van der Waals surface area contributed by atoms with Gasteiger partial charge in [-0.3, -0.25) is 5.41 Å². The highest BCUT2D eigenvalue weighted by molar-refractivity contribution is 9.10. The molecule has 1 saturated heterocycles. The number of rotatable bonds is 2. The molecule has 3 N–H and O–H groups in total. The quantitative estimate of drug-likeness (QED) is 0.616. The summed E-state index contributed by atoms with van der Waals surface area (Å²) < 4.78 is 38.4. The average molecular weight is 364 g/mol. The van der Waals surface area contributed by atoms with Crippen molar-refractivity contribution in [2.45, 2.75) is 25.9 Å². The third-order valence-corrected chi connectivity index (χ3v) is 4.77. The van der Waals surface area contributed by atoms with E-state index >= 15 is 0 Å². The lowest BCUT2D eigenvalue weighted by atomic mass is 9.79. The molecule has 1 heterocycles. The first-order valence-electron chi connectivity index (χ1n) is 6.60. The van der Waals surface area contributed by atoms with Gasteiger partial charge in [-0.1, -0.05) is 6.92 Å². The Labute approximate surface area is 129 Å². The Kier molecular flexibility index (Phi) is 4.24. The minimum Gasteiger partial charge on any atom is -0.387 e. The van der Waals surface area contributed by atoms with Gasteiger partial charge in [-0.2, -0.15) is 13.2 Å². The number of benzene rings is 1. The zero-order valence-electron chi connectivity index (χ0n) is 11.6. The maximum absolute atomic E-state index is 12.7. The van der Waals surface area contributed by atoms with Gasteiger partial charge in [0, 0.05) is 23.0 Å². The van der Waals surface area contributed by atoms with Gasteiger partial charge >= 0.3 is 6.18 Å². The van der Waals surface area contributed by atoms with Gasteiger partial charge in [0.25, 0.3) is 0 Å². The van der Waals surface area contributed by atoms with Gasteiger partial charge in [-0.15, -0.1) is 0 Å². The molecule has 0 aliphatic carbocycles. The van der Waals surface area contributed by atoms with Crippen LogP contribution in [0.3, 0.4) is 0 Å². The Balaban J connectivity index is 2.16. The van der Waals surface area contributed by atoms with Crippen molar-refractivity contribution in [1.29, 1.82) is 5.41 Å². The molecule has 21 heavy (non-hydrogen) atoms. The second kappa shape index (κ2) is 5.51. The first-order valence-corrected chi connectivity index (χ1v) is 7.39. The number of halogens is 4. The van der Waals surface area contributed by atoms with E-state index in [0.717, 1.165) is 30.7 Å². The third-order valence-electron chi connectivity index (χ3n) is 4.13. The Hall–Kier alpha value is -1.24. The molecule has 3 nitrogen and oxygen atoms in total. The van der Waals surface area contributed by atoms with E-state index in [9.17, 15) is 13.2 Å². The molecule has 0 atom stereocenters. The number of piperidine rings is 1. The molecular weight excluding hydrogens is 347 g/mol. The van der Waals surface area contributed by atoms with Crippen LogP contribution in [0.25, 0.3) is 0 Å². The van der Waals surface area contributed by atoms with E-state index in [1.807, 2.05) is 11.8 Å². The molecule has 1 aliphatic heterocycles. The number of amidine groups is 1. The van der Waals surface area contributed by atoms with Crippen LogP contribution in [0.4, 0.5) is 18.9 Å². The van der Waals surface area contributed by atoms with Crippen LogP contribution in [0.2, 0.25) is 0 Å². The highest BCUT2D eigenvalue weighted by Gasteiger charge is 2.34. The van der Waals surface area contributed by atoms with Crippen LogP contribution in [0.5, 0.6) is 0 Å².